The molecule has 0 spiro atoms. The first kappa shape index (κ1) is 10.7. The second-order valence-electron chi connectivity index (χ2n) is 5.55. The number of Topliss-reactive ketones (excluding diaryl/α,β-unsaturated/α-hetero) is 1. The first-order valence-corrected chi connectivity index (χ1v) is 5.45. The van der Waals surface area contributed by atoms with Crippen LogP contribution in [-0.4, -0.2) is 5.78 Å². The van der Waals surface area contributed by atoms with Gasteiger partial charge in [0, 0.05) is 12.3 Å². The fourth-order valence-electron chi connectivity index (χ4n) is 2.36. The lowest BCUT2D eigenvalue weighted by Crippen LogP contribution is -2.22. The van der Waals surface area contributed by atoms with E-state index in [2.05, 4.69) is 27.7 Å². The van der Waals surface area contributed by atoms with Crippen molar-refractivity contribution >= 4 is 5.78 Å². The molecule has 0 bridgehead atoms. The maximum atomic E-state index is 11.9. The molecular weight excluding hydrogens is 160 g/mol. The van der Waals surface area contributed by atoms with E-state index in [1.54, 1.807) is 0 Å². The molecule has 0 aromatic carbocycles. The van der Waals surface area contributed by atoms with Crippen molar-refractivity contribution in [2.45, 2.75) is 53.4 Å². The Morgan fingerprint density at radius 1 is 1.38 bits per heavy atom. The van der Waals surface area contributed by atoms with Gasteiger partial charge >= 0.3 is 0 Å². The van der Waals surface area contributed by atoms with Crippen molar-refractivity contribution < 1.29 is 4.79 Å². The van der Waals surface area contributed by atoms with Crippen LogP contribution < -0.4 is 0 Å². The smallest absolute Gasteiger partial charge is 0.136 e. The van der Waals surface area contributed by atoms with Crippen LogP contribution in [0, 0.1) is 17.3 Å². The monoisotopic (exact) mass is 182 g/mol. The van der Waals surface area contributed by atoms with Gasteiger partial charge in [0.25, 0.3) is 0 Å². The van der Waals surface area contributed by atoms with E-state index in [-0.39, 0.29) is 5.41 Å². The molecule has 0 radical (unpaired) electrons. The molecule has 76 valence electrons. The fraction of sp³-hybridized carbons (Fsp3) is 0.917. The lowest BCUT2D eigenvalue weighted by atomic mass is 9.82. The summed E-state index contributed by atoms with van der Waals surface area (Å²) < 4.78 is 0. The number of carbonyl (C=O) groups excluding carboxylic acids is 1. The summed E-state index contributed by atoms with van der Waals surface area (Å²) in [5.74, 6) is 1.36. The molecule has 1 rings (SSSR count). The number of carbonyl (C=O) groups is 1. The largest absolute Gasteiger partial charge is 0.299 e. The van der Waals surface area contributed by atoms with Crippen LogP contribution in [-0.2, 0) is 4.79 Å². The molecule has 0 heterocycles. The summed E-state index contributed by atoms with van der Waals surface area (Å²) in [6, 6.07) is 0. The molecule has 1 heteroatoms. The van der Waals surface area contributed by atoms with Crippen molar-refractivity contribution in [2.24, 2.45) is 17.3 Å². The van der Waals surface area contributed by atoms with Crippen molar-refractivity contribution in [3.8, 4) is 0 Å². The van der Waals surface area contributed by atoms with Crippen LogP contribution >= 0.6 is 0 Å². The van der Waals surface area contributed by atoms with E-state index in [0.29, 0.717) is 17.6 Å². The molecule has 13 heavy (non-hydrogen) atoms. The van der Waals surface area contributed by atoms with Gasteiger partial charge in [0.05, 0.1) is 0 Å². The van der Waals surface area contributed by atoms with Gasteiger partial charge in [-0.1, -0.05) is 34.1 Å². The van der Waals surface area contributed by atoms with Crippen LogP contribution in [0.5, 0.6) is 0 Å². The third-order valence-electron chi connectivity index (χ3n) is 3.24. The Hall–Kier alpha value is -0.330. The fourth-order valence-corrected chi connectivity index (χ4v) is 2.36. The highest BCUT2D eigenvalue weighted by atomic mass is 16.1. The number of ketones is 1. The third kappa shape index (κ3) is 2.82. The zero-order valence-corrected chi connectivity index (χ0v) is 9.39. The molecular formula is C12H22O. The van der Waals surface area contributed by atoms with Crippen LogP contribution in [0.15, 0.2) is 0 Å². The van der Waals surface area contributed by atoms with E-state index in [4.69, 9.17) is 0 Å². The summed E-state index contributed by atoms with van der Waals surface area (Å²) in [6.07, 6.45) is 4.33. The molecule has 0 N–H and O–H groups in total. The highest BCUT2D eigenvalue weighted by Crippen LogP contribution is 2.36. The van der Waals surface area contributed by atoms with Crippen molar-refractivity contribution in [3.05, 3.63) is 0 Å². The van der Waals surface area contributed by atoms with E-state index in [9.17, 15) is 4.79 Å². The van der Waals surface area contributed by atoms with Gasteiger partial charge in [-0.25, -0.2) is 0 Å². The minimum Gasteiger partial charge on any atom is -0.299 e. The summed E-state index contributed by atoms with van der Waals surface area (Å²) >= 11 is 0. The molecule has 0 saturated heterocycles. The van der Waals surface area contributed by atoms with Gasteiger partial charge in [0.15, 0.2) is 0 Å². The Morgan fingerprint density at radius 3 is 2.54 bits per heavy atom. The molecule has 1 nitrogen and oxygen atoms in total. The quantitative estimate of drug-likeness (QED) is 0.568. The van der Waals surface area contributed by atoms with E-state index in [0.717, 1.165) is 12.8 Å². The molecule has 1 fully saturated rings. The molecule has 1 aliphatic rings. The summed E-state index contributed by atoms with van der Waals surface area (Å²) in [4.78, 5) is 11.9. The van der Waals surface area contributed by atoms with Crippen molar-refractivity contribution in [1.82, 2.24) is 0 Å². The van der Waals surface area contributed by atoms with Crippen LogP contribution in [0.25, 0.3) is 0 Å². The normalized spacial score (nSPS) is 29.0. The summed E-state index contributed by atoms with van der Waals surface area (Å²) in [5.41, 5.74) is 0.251. The predicted molar refractivity (Wildman–Crippen MR) is 55.6 cm³/mol. The van der Waals surface area contributed by atoms with Crippen LogP contribution in [0.4, 0.5) is 0 Å². The number of rotatable bonds is 1. The maximum absolute atomic E-state index is 11.9. The van der Waals surface area contributed by atoms with Gasteiger partial charge in [-0.15, -0.1) is 0 Å². The molecule has 0 aromatic rings. The lowest BCUT2D eigenvalue weighted by molar-refractivity contribution is -0.125. The van der Waals surface area contributed by atoms with E-state index >= 15 is 0 Å². The highest BCUT2D eigenvalue weighted by molar-refractivity contribution is 5.82. The van der Waals surface area contributed by atoms with Crippen LogP contribution in [0.1, 0.15) is 53.4 Å². The number of hydrogen-bond donors (Lipinski definition) is 0. The Bertz CT molecular complexity index is 191. The van der Waals surface area contributed by atoms with Gasteiger partial charge in [0.1, 0.15) is 5.78 Å². The van der Waals surface area contributed by atoms with Crippen LogP contribution in [0.3, 0.4) is 0 Å². The molecule has 1 aliphatic carbocycles. The minimum atomic E-state index is 0.251. The molecule has 1 atom stereocenters. The third-order valence-corrected chi connectivity index (χ3v) is 3.24. The first-order chi connectivity index (χ1) is 5.92. The molecule has 0 aromatic heterocycles. The average molecular weight is 182 g/mol. The van der Waals surface area contributed by atoms with Gasteiger partial charge in [-0.3, -0.25) is 4.79 Å². The van der Waals surface area contributed by atoms with Crippen LogP contribution in [0.2, 0.25) is 0 Å². The Balaban J connectivity index is 2.68. The average Bonchev–Trinajstić information content (AvgIpc) is 2.06. The minimum absolute atomic E-state index is 0.251. The Kier molecular flexibility index (Phi) is 3.15. The van der Waals surface area contributed by atoms with E-state index in [1.165, 1.54) is 12.8 Å². The molecule has 0 amide bonds. The van der Waals surface area contributed by atoms with Crippen molar-refractivity contribution in [3.63, 3.8) is 0 Å². The van der Waals surface area contributed by atoms with Gasteiger partial charge in [-0.2, -0.15) is 0 Å². The molecule has 1 saturated carbocycles. The topological polar surface area (TPSA) is 17.1 Å². The van der Waals surface area contributed by atoms with Gasteiger partial charge in [0.2, 0.25) is 0 Å². The van der Waals surface area contributed by atoms with Gasteiger partial charge < -0.3 is 0 Å². The highest BCUT2D eigenvalue weighted by Gasteiger charge is 2.31. The lowest BCUT2D eigenvalue weighted by Gasteiger charge is -2.21. The second-order valence-corrected chi connectivity index (χ2v) is 5.55. The summed E-state index contributed by atoms with van der Waals surface area (Å²) in [7, 11) is 0. The maximum Gasteiger partial charge on any atom is 0.136 e. The van der Waals surface area contributed by atoms with E-state index < -0.39 is 0 Å². The number of hydrogen-bond acceptors (Lipinski definition) is 1. The first-order valence-electron chi connectivity index (χ1n) is 5.45. The standard InChI is InChI=1S/C12H22O/c1-9(2)10-6-5-7-12(3,4)8-11(10)13/h9-10H,5-8H2,1-4H3. The summed E-state index contributed by atoms with van der Waals surface area (Å²) in [5, 5.41) is 0. The Morgan fingerprint density at radius 2 is 2.00 bits per heavy atom. The van der Waals surface area contributed by atoms with Crippen molar-refractivity contribution in [1.29, 1.82) is 0 Å². The SMILES string of the molecule is CC(C)C1CCCC(C)(C)CC1=O. The zero-order chi connectivity index (χ0) is 10.1. The summed E-state index contributed by atoms with van der Waals surface area (Å²) in [6.45, 7) is 8.77. The van der Waals surface area contributed by atoms with Crippen molar-refractivity contribution in [2.75, 3.05) is 0 Å². The molecule has 0 aliphatic heterocycles. The van der Waals surface area contributed by atoms with Gasteiger partial charge in [-0.05, 0) is 24.2 Å². The second kappa shape index (κ2) is 3.81. The van der Waals surface area contributed by atoms with E-state index in [1.807, 2.05) is 0 Å². The predicted octanol–water partition coefficient (Wildman–Crippen LogP) is 3.43. The zero-order valence-electron chi connectivity index (χ0n) is 9.39. The molecule has 1 unspecified atom stereocenters. The Labute approximate surface area is 81.9 Å².